The lowest BCUT2D eigenvalue weighted by atomic mass is 9.98. The number of nitrogens with one attached hydrogen (secondary N) is 1. The minimum absolute atomic E-state index is 0.301. The van der Waals surface area contributed by atoms with Crippen LogP contribution in [0.2, 0.25) is 0 Å². The van der Waals surface area contributed by atoms with E-state index in [1.165, 1.54) is 31.6 Å². The fourth-order valence-electron chi connectivity index (χ4n) is 4.32. The maximum atomic E-state index is 14.6. The minimum Gasteiger partial charge on any atom is -0.496 e. The van der Waals surface area contributed by atoms with Gasteiger partial charge in [0, 0.05) is 41.9 Å². The van der Waals surface area contributed by atoms with Gasteiger partial charge in [0.15, 0.2) is 0 Å². The highest BCUT2D eigenvalue weighted by molar-refractivity contribution is 5.91. The summed E-state index contributed by atoms with van der Waals surface area (Å²) in [5.74, 6) is -1.42. The Hall–Kier alpha value is -4.01. The van der Waals surface area contributed by atoms with Crippen molar-refractivity contribution in [3.8, 4) is 17.0 Å². The van der Waals surface area contributed by atoms with E-state index in [9.17, 15) is 18.7 Å². The van der Waals surface area contributed by atoms with Gasteiger partial charge in [0.2, 0.25) is 0 Å². The van der Waals surface area contributed by atoms with Crippen molar-refractivity contribution < 1.29 is 23.4 Å². The highest BCUT2D eigenvalue weighted by Crippen LogP contribution is 2.30. The molecule has 0 saturated heterocycles. The normalized spacial score (nSPS) is 11.1. The number of aromatic carboxylic acids is 1. The molecule has 4 rings (SSSR count). The van der Waals surface area contributed by atoms with Gasteiger partial charge >= 0.3 is 5.97 Å². The van der Waals surface area contributed by atoms with Crippen molar-refractivity contribution in [2.75, 3.05) is 19.0 Å². The summed E-state index contributed by atoms with van der Waals surface area (Å²) < 4.78 is 36.0. The smallest absolute Gasteiger partial charge is 0.338 e. The van der Waals surface area contributed by atoms with Crippen LogP contribution >= 0.6 is 0 Å². The van der Waals surface area contributed by atoms with E-state index >= 15 is 0 Å². The van der Waals surface area contributed by atoms with Crippen LogP contribution in [0, 0.1) is 18.6 Å². The number of hydrogen-bond donors (Lipinski definition) is 2. The largest absolute Gasteiger partial charge is 0.496 e. The number of aryl methyl sites for hydroxylation is 2. The van der Waals surface area contributed by atoms with E-state index in [-0.39, 0.29) is 11.4 Å². The van der Waals surface area contributed by atoms with Crippen molar-refractivity contribution in [2.45, 2.75) is 33.2 Å². The molecule has 0 radical (unpaired) electrons. The zero-order valence-electron chi connectivity index (χ0n) is 19.7. The number of anilines is 1. The number of carboxylic acid groups (broad SMARTS) is 1. The Kier molecular flexibility index (Phi) is 6.95. The van der Waals surface area contributed by atoms with Crippen LogP contribution in [0.3, 0.4) is 0 Å². The third-order valence-corrected chi connectivity index (χ3v) is 5.88. The Morgan fingerprint density at radius 3 is 2.66 bits per heavy atom. The molecular weight excluding hydrogens is 454 g/mol. The van der Waals surface area contributed by atoms with Crippen LogP contribution in [0.15, 0.2) is 42.7 Å². The molecule has 7 nitrogen and oxygen atoms in total. The molecule has 2 aromatic heterocycles. The second kappa shape index (κ2) is 10.1. The third kappa shape index (κ3) is 4.94. The van der Waals surface area contributed by atoms with E-state index in [1.807, 2.05) is 24.5 Å². The topological polar surface area (TPSA) is 89.3 Å². The second-order valence-corrected chi connectivity index (χ2v) is 8.24. The quantitative estimate of drug-likeness (QED) is 0.331. The Bertz CT molecular complexity index is 1400. The SMILES string of the molecule is CCCc1cc(-c2cc(NCCn3c(C)cc4c(OC)cc(F)cc43)ncn2)cc(F)c1C(=O)O. The predicted molar refractivity (Wildman–Crippen MR) is 130 cm³/mol. The van der Waals surface area contributed by atoms with Crippen molar-refractivity contribution in [3.63, 3.8) is 0 Å². The Morgan fingerprint density at radius 2 is 1.94 bits per heavy atom. The number of hydrogen-bond acceptors (Lipinski definition) is 5. The van der Waals surface area contributed by atoms with Gasteiger partial charge in [-0.25, -0.2) is 23.5 Å². The first-order valence-electron chi connectivity index (χ1n) is 11.3. The molecular formula is C26H26F2N4O3. The fourth-order valence-corrected chi connectivity index (χ4v) is 4.32. The number of fused-ring (bicyclic) bond motifs is 1. The maximum Gasteiger partial charge on any atom is 0.338 e. The standard InChI is InChI=1S/C26H26F2N4O3/c1-4-5-16-9-17(10-20(28)25(16)26(33)34)21-13-24(31-14-30-21)29-6-7-32-15(2)8-19-22(32)11-18(27)12-23(19)35-3/h8-14H,4-7H2,1-3H3,(H,33,34)(H,29,30,31). The first-order chi connectivity index (χ1) is 16.8. The average molecular weight is 481 g/mol. The number of methoxy groups -OCH3 is 1. The highest BCUT2D eigenvalue weighted by Gasteiger charge is 2.18. The van der Waals surface area contributed by atoms with E-state index < -0.39 is 11.8 Å². The summed E-state index contributed by atoms with van der Waals surface area (Å²) in [6.07, 6.45) is 2.50. The van der Waals surface area contributed by atoms with E-state index in [0.29, 0.717) is 54.3 Å². The molecule has 0 aliphatic heterocycles. The van der Waals surface area contributed by atoms with Crippen molar-refractivity contribution in [1.82, 2.24) is 14.5 Å². The fraction of sp³-hybridized carbons (Fsp3) is 0.269. The first kappa shape index (κ1) is 24.1. The van der Waals surface area contributed by atoms with Crippen molar-refractivity contribution >= 4 is 22.7 Å². The van der Waals surface area contributed by atoms with Crippen LogP contribution < -0.4 is 10.1 Å². The van der Waals surface area contributed by atoms with Gasteiger partial charge in [-0.2, -0.15) is 0 Å². The van der Waals surface area contributed by atoms with Gasteiger partial charge in [-0.05, 0) is 43.2 Å². The molecule has 0 spiro atoms. The molecule has 0 atom stereocenters. The summed E-state index contributed by atoms with van der Waals surface area (Å²) in [4.78, 5) is 20.0. The van der Waals surface area contributed by atoms with Crippen molar-refractivity contribution in [1.29, 1.82) is 0 Å². The van der Waals surface area contributed by atoms with Gasteiger partial charge in [0.05, 0.1) is 23.9 Å². The Morgan fingerprint density at radius 1 is 1.14 bits per heavy atom. The molecule has 0 fully saturated rings. The zero-order chi connectivity index (χ0) is 25.1. The molecule has 0 unspecified atom stereocenters. The summed E-state index contributed by atoms with van der Waals surface area (Å²) in [5, 5.41) is 13.4. The molecule has 2 heterocycles. The zero-order valence-corrected chi connectivity index (χ0v) is 19.7. The average Bonchev–Trinajstić information content (AvgIpc) is 3.13. The van der Waals surface area contributed by atoms with E-state index in [1.54, 1.807) is 12.1 Å². The van der Waals surface area contributed by atoms with Crippen LogP contribution in [-0.2, 0) is 13.0 Å². The monoisotopic (exact) mass is 480 g/mol. The second-order valence-electron chi connectivity index (χ2n) is 8.24. The van der Waals surface area contributed by atoms with Gasteiger partial charge in [0.25, 0.3) is 0 Å². The van der Waals surface area contributed by atoms with Gasteiger partial charge in [-0.3, -0.25) is 0 Å². The van der Waals surface area contributed by atoms with Crippen LogP contribution in [0.4, 0.5) is 14.6 Å². The Labute approximate surface area is 201 Å². The number of nitrogens with zero attached hydrogens (tertiary/aromatic N) is 3. The highest BCUT2D eigenvalue weighted by atomic mass is 19.1. The van der Waals surface area contributed by atoms with Crippen LogP contribution in [0.5, 0.6) is 5.75 Å². The minimum atomic E-state index is -1.28. The third-order valence-electron chi connectivity index (χ3n) is 5.88. The first-order valence-corrected chi connectivity index (χ1v) is 11.3. The number of aromatic nitrogens is 3. The summed E-state index contributed by atoms with van der Waals surface area (Å²) in [7, 11) is 1.52. The number of benzene rings is 2. The number of ether oxygens (including phenoxy) is 1. The molecule has 0 saturated carbocycles. The number of carbonyl (C=O) groups is 1. The van der Waals surface area contributed by atoms with Crippen LogP contribution in [0.25, 0.3) is 22.2 Å². The van der Waals surface area contributed by atoms with Crippen LogP contribution in [-0.4, -0.2) is 39.3 Å². The van der Waals surface area contributed by atoms with Crippen molar-refractivity contribution in [2.24, 2.45) is 0 Å². The molecule has 182 valence electrons. The van der Waals surface area contributed by atoms with Crippen molar-refractivity contribution in [3.05, 3.63) is 71.2 Å². The number of rotatable bonds is 9. The molecule has 0 aliphatic carbocycles. The van der Waals surface area contributed by atoms with E-state index in [0.717, 1.165) is 16.6 Å². The van der Waals surface area contributed by atoms with Gasteiger partial charge in [-0.15, -0.1) is 0 Å². The maximum absolute atomic E-state index is 14.6. The number of halogens is 2. The van der Waals surface area contributed by atoms with Crippen LogP contribution in [0.1, 0.15) is 35.0 Å². The molecule has 0 bridgehead atoms. The molecule has 2 N–H and O–H groups in total. The lowest BCUT2D eigenvalue weighted by molar-refractivity contribution is 0.0690. The number of carboxylic acids is 1. The molecule has 0 aliphatic rings. The molecule has 2 aromatic carbocycles. The molecule has 9 heteroatoms. The summed E-state index contributed by atoms with van der Waals surface area (Å²) in [5.41, 5.74) is 2.79. The summed E-state index contributed by atoms with van der Waals surface area (Å²) in [6.45, 7) is 4.89. The molecule has 4 aromatic rings. The van der Waals surface area contributed by atoms with Gasteiger partial charge in [-0.1, -0.05) is 13.3 Å². The van der Waals surface area contributed by atoms with Gasteiger partial charge < -0.3 is 19.7 Å². The lowest BCUT2D eigenvalue weighted by Crippen LogP contribution is -2.12. The van der Waals surface area contributed by atoms with E-state index in [2.05, 4.69) is 15.3 Å². The lowest BCUT2D eigenvalue weighted by Gasteiger charge is -2.12. The predicted octanol–water partition coefficient (Wildman–Crippen LogP) is 5.46. The summed E-state index contributed by atoms with van der Waals surface area (Å²) in [6, 6.07) is 9.35. The summed E-state index contributed by atoms with van der Waals surface area (Å²) >= 11 is 0. The Balaban J connectivity index is 1.55. The van der Waals surface area contributed by atoms with E-state index in [4.69, 9.17) is 4.74 Å². The molecule has 35 heavy (non-hydrogen) atoms. The van der Waals surface area contributed by atoms with Gasteiger partial charge in [0.1, 0.15) is 29.5 Å². The molecule has 0 amide bonds.